The number of nitrogens with zero attached hydrogens (tertiary/aromatic N) is 1. The Bertz CT molecular complexity index is 322. The molecule has 1 aliphatic heterocycles. The fourth-order valence-corrected chi connectivity index (χ4v) is 1.36. The van der Waals surface area contributed by atoms with Crippen LogP contribution in [0.25, 0.3) is 0 Å². The van der Waals surface area contributed by atoms with E-state index in [1.165, 1.54) is 6.92 Å². The Morgan fingerprint density at radius 2 is 2.00 bits per heavy atom. The van der Waals surface area contributed by atoms with E-state index in [9.17, 15) is 14.4 Å². The van der Waals surface area contributed by atoms with Gasteiger partial charge in [0.15, 0.2) is 5.78 Å². The van der Waals surface area contributed by atoms with Crippen molar-refractivity contribution in [2.45, 2.75) is 13.0 Å². The van der Waals surface area contributed by atoms with Gasteiger partial charge in [-0.3, -0.25) is 14.5 Å². The predicted molar refractivity (Wildman–Crippen MR) is 44.6 cm³/mol. The standard InChI is InChI=1S/C8H9NO5/c1-4-6(7(11)12)5(10)2-3-9(4)8(13)14/h2-4,6H,1H3,(H,11,12)(H,13,14). The predicted octanol–water partition coefficient (Wildman–Crippen LogP) is 0.152. The van der Waals surface area contributed by atoms with Crippen LogP contribution in [0.5, 0.6) is 0 Å². The van der Waals surface area contributed by atoms with E-state index in [0.29, 0.717) is 0 Å². The monoisotopic (exact) mass is 199 g/mol. The highest BCUT2D eigenvalue weighted by atomic mass is 16.4. The highest BCUT2D eigenvalue weighted by Gasteiger charge is 2.38. The molecule has 6 heteroatoms. The molecule has 6 nitrogen and oxygen atoms in total. The van der Waals surface area contributed by atoms with E-state index < -0.39 is 29.8 Å². The summed E-state index contributed by atoms with van der Waals surface area (Å²) in [6.07, 6.45) is 0.772. The van der Waals surface area contributed by atoms with Gasteiger partial charge in [-0.15, -0.1) is 0 Å². The topological polar surface area (TPSA) is 94.9 Å². The van der Waals surface area contributed by atoms with E-state index in [0.717, 1.165) is 17.2 Å². The maximum atomic E-state index is 11.1. The molecule has 0 aromatic rings. The summed E-state index contributed by atoms with van der Waals surface area (Å²) in [5.74, 6) is -3.20. The molecule has 1 rings (SSSR count). The lowest BCUT2D eigenvalue weighted by Crippen LogP contribution is -2.47. The third-order valence-corrected chi connectivity index (χ3v) is 2.11. The molecule has 0 aromatic heterocycles. The van der Waals surface area contributed by atoms with Crippen LogP contribution < -0.4 is 0 Å². The molecule has 1 heterocycles. The quantitative estimate of drug-likeness (QED) is 0.586. The molecule has 0 radical (unpaired) electrons. The van der Waals surface area contributed by atoms with Gasteiger partial charge in [-0.05, 0) is 13.0 Å². The minimum absolute atomic E-state index is 0.581. The highest BCUT2D eigenvalue weighted by molar-refractivity contribution is 6.06. The maximum Gasteiger partial charge on any atom is 0.411 e. The number of carbonyl (C=O) groups excluding carboxylic acids is 1. The maximum absolute atomic E-state index is 11.1. The SMILES string of the molecule is CC1C(C(=O)O)C(=O)C=CN1C(=O)O. The number of rotatable bonds is 1. The number of carbonyl (C=O) groups is 3. The lowest BCUT2D eigenvalue weighted by atomic mass is 9.93. The number of amides is 1. The van der Waals surface area contributed by atoms with Crippen LogP contribution in [-0.2, 0) is 9.59 Å². The Kier molecular flexibility index (Phi) is 2.55. The first-order valence-electron chi connectivity index (χ1n) is 3.91. The Hall–Kier alpha value is -1.85. The Labute approximate surface area is 79.4 Å². The Morgan fingerprint density at radius 3 is 2.43 bits per heavy atom. The molecule has 0 aliphatic carbocycles. The number of carboxylic acids is 1. The molecule has 0 saturated carbocycles. The first-order valence-corrected chi connectivity index (χ1v) is 3.91. The number of allylic oxidation sites excluding steroid dienone is 1. The highest BCUT2D eigenvalue weighted by Crippen LogP contribution is 2.19. The fraction of sp³-hybridized carbons (Fsp3) is 0.375. The molecule has 2 atom stereocenters. The molecular weight excluding hydrogens is 190 g/mol. The smallest absolute Gasteiger partial charge is 0.411 e. The normalized spacial score (nSPS) is 26.4. The summed E-state index contributed by atoms with van der Waals surface area (Å²) in [6.45, 7) is 1.38. The number of ketones is 1. The number of carboxylic acid groups (broad SMARTS) is 2. The van der Waals surface area contributed by atoms with E-state index in [4.69, 9.17) is 10.2 Å². The zero-order valence-corrected chi connectivity index (χ0v) is 7.38. The lowest BCUT2D eigenvalue weighted by molar-refractivity contribution is -0.147. The van der Waals surface area contributed by atoms with Crippen molar-refractivity contribution in [1.29, 1.82) is 0 Å². The lowest BCUT2D eigenvalue weighted by Gasteiger charge is -2.29. The number of aliphatic carboxylic acids is 1. The van der Waals surface area contributed by atoms with Gasteiger partial charge in [0.1, 0.15) is 5.92 Å². The van der Waals surface area contributed by atoms with Gasteiger partial charge < -0.3 is 10.2 Å². The zero-order chi connectivity index (χ0) is 10.9. The largest absolute Gasteiger partial charge is 0.481 e. The molecular formula is C8H9NO5. The van der Waals surface area contributed by atoms with Crippen molar-refractivity contribution < 1.29 is 24.6 Å². The summed E-state index contributed by atoms with van der Waals surface area (Å²) in [4.78, 5) is 33.2. The average molecular weight is 199 g/mol. The molecule has 1 amide bonds. The van der Waals surface area contributed by atoms with E-state index in [2.05, 4.69) is 0 Å². The second kappa shape index (κ2) is 3.49. The van der Waals surface area contributed by atoms with Crippen molar-refractivity contribution in [2.75, 3.05) is 0 Å². The minimum Gasteiger partial charge on any atom is -0.481 e. The van der Waals surface area contributed by atoms with E-state index in [-0.39, 0.29) is 0 Å². The molecule has 14 heavy (non-hydrogen) atoms. The minimum atomic E-state index is -1.31. The van der Waals surface area contributed by atoms with Crippen LogP contribution in [0.15, 0.2) is 12.3 Å². The molecule has 0 saturated heterocycles. The van der Waals surface area contributed by atoms with Gasteiger partial charge in [-0.25, -0.2) is 4.79 Å². The third-order valence-electron chi connectivity index (χ3n) is 2.11. The number of hydrogen-bond donors (Lipinski definition) is 2. The van der Waals surface area contributed by atoms with Crippen LogP contribution in [0.3, 0.4) is 0 Å². The van der Waals surface area contributed by atoms with Gasteiger partial charge in [0.05, 0.1) is 6.04 Å². The van der Waals surface area contributed by atoms with Crippen molar-refractivity contribution in [1.82, 2.24) is 4.90 Å². The van der Waals surface area contributed by atoms with Crippen LogP contribution in [-0.4, -0.2) is 39.0 Å². The van der Waals surface area contributed by atoms with Gasteiger partial charge in [-0.2, -0.15) is 0 Å². The van der Waals surface area contributed by atoms with Crippen molar-refractivity contribution in [3.63, 3.8) is 0 Å². The summed E-state index contributed by atoms with van der Waals surface area (Å²) in [6, 6.07) is -0.873. The molecule has 76 valence electrons. The van der Waals surface area contributed by atoms with Gasteiger partial charge in [0, 0.05) is 6.20 Å². The number of hydrogen-bond acceptors (Lipinski definition) is 3. The molecule has 2 N–H and O–H groups in total. The zero-order valence-electron chi connectivity index (χ0n) is 7.38. The van der Waals surface area contributed by atoms with Crippen LogP contribution >= 0.6 is 0 Å². The summed E-state index contributed by atoms with van der Waals surface area (Å²) in [7, 11) is 0. The molecule has 0 bridgehead atoms. The van der Waals surface area contributed by atoms with Crippen LogP contribution in [0, 0.1) is 5.92 Å². The van der Waals surface area contributed by atoms with Gasteiger partial charge in [0.2, 0.25) is 0 Å². The Balaban J connectivity index is 3.01. The van der Waals surface area contributed by atoms with Crippen molar-refractivity contribution >= 4 is 17.8 Å². The van der Waals surface area contributed by atoms with E-state index in [1.54, 1.807) is 0 Å². The second-order valence-corrected chi connectivity index (χ2v) is 2.96. The first-order chi connectivity index (χ1) is 6.45. The van der Waals surface area contributed by atoms with Crippen LogP contribution in [0.4, 0.5) is 4.79 Å². The van der Waals surface area contributed by atoms with E-state index in [1.807, 2.05) is 0 Å². The Morgan fingerprint density at radius 1 is 1.43 bits per heavy atom. The first kappa shape index (κ1) is 10.2. The van der Waals surface area contributed by atoms with Gasteiger partial charge in [0.25, 0.3) is 0 Å². The van der Waals surface area contributed by atoms with Crippen LogP contribution in [0.2, 0.25) is 0 Å². The van der Waals surface area contributed by atoms with E-state index >= 15 is 0 Å². The summed E-state index contributed by atoms with van der Waals surface area (Å²) in [5, 5.41) is 17.4. The third kappa shape index (κ3) is 1.59. The molecule has 0 aromatic carbocycles. The van der Waals surface area contributed by atoms with Crippen molar-refractivity contribution in [2.24, 2.45) is 5.92 Å². The summed E-state index contributed by atoms with van der Waals surface area (Å²) < 4.78 is 0. The summed E-state index contributed by atoms with van der Waals surface area (Å²) in [5.41, 5.74) is 0. The molecule has 2 unspecified atom stereocenters. The molecule has 1 aliphatic rings. The molecule has 0 fully saturated rings. The fourth-order valence-electron chi connectivity index (χ4n) is 1.36. The van der Waals surface area contributed by atoms with Gasteiger partial charge in [-0.1, -0.05) is 0 Å². The van der Waals surface area contributed by atoms with Crippen molar-refractivity contribution in [3.8, 4) is 0 Å². The van der Waals surface area contributed by atoms with Crippen molar-refractivity contribution in [3.05, 3.63) is 12.3 Å². The van der Waals surface area contributed by atoms with Crippen LogP contribution in [0.1, 0.15) is 6.92 Å². The second-order valence-electron chi connectivity index (χ2n) is 2.96. The average Bonchev–Trinajstić information content (AvgIpc) is 2.02. The summed E-state index contributed by atoms with van der Waals surface area (Å²) >= 11 is 0. The molecule has 0 spiro atoms. The van der Waals surface area contributed by atoms with Gasteiger partial charge >= 0.3 is 12.1 Å².